The van der Waals surface area contributed by atoms with Crippen LogP contribution in [0, 0.1) is 0 Å². The molecule has 0 unspecified atom stereocenters. The van der Waals surface area contributed by atoms with Gasteiger partial charge >= 0.3 is 12.0 Å². The summed E-state index contributed by atoms with van der Waals surface area (Å²) < 4.78 is 1.70. The van der Waals surface area contributed by atoms with E-state index < -0.39 is 30.4 Å². The molecular weight excluding hydrogens is 268 g/mol. The lowest BCUT2D eigenvalue weighted by Crippen LogP contribution is -2.48. The van der Waals surface area contributed by atoms with Crippen molar-refractivity contribution in [2.45, 2.75) is 18.9 Å². The van der Waals surface area contributed by atoms with Gasteiger partial charge in [-0.15, -0.1) is 10.2 Å². The van der Waals surface area contributed by atoms with Gasteiger partial charge in [0.25, 0.3) is 0 Å². The lowest BCUT2D eigenvalue weighted by molar-refractivity contribution is -0.140. The van der Waals surface area contributed by atoms with E-state index >= 15 is 0 Å². The number of carboxylic acids is 1. The van der Waals surface area contributed by atoms with Gasteiger partial charge in [0.15, 0.2) is 0 Å². The standard InChI is InChI=1S/C10H16N6O4/c1-16-5-13-15-8(16)2-3-12-10(20)14-6(9(18)19)4-7(11)17/h5-6H,2-4H2,1H3,(H2,11,17)(H,18,19)(H2,12,14,20)/t6-/m1/s1. The fourth-order valence-corrected chi connectivity index (χ4v) is 1.43. The molecule has 0 saturated heterocycles. The number of carboxylic acid groups (broad SMARTS) is 1. The van der Waals surface area contributed by atoms with Crippen molar-refractivity contribution in [2.75, 3.05) is 6.54 Å². The van der Waals surface area contributed by atoms with Crippen LogP contribution >= 0.6 is 0 Å². The topological polar surface area (TPSA) is 152 Å². The van der Waals surface area contributed by atoms with Crippen LogP contribution in [0.5, 0.6) is 0 Å². The van der Waals surface area contributed by atoms with Gasteiger partial charge in [0, 0.05) is 20.0 Å². The Balaban J connectivity index is 2.36. The van der Waals surface area contributed by atoms with Gasteiger partial charge in [0.05, 0.1) is 6.42 Å². The van der Waals surface area contributed by atoms with E-state index in [1.807, 2.05) is 0 Å². The lowest BCUT2D eigenvalue weighted by Gasteiger charge is -2.13. The van der Waals surface area contributed by atoms with Crippen LogP contribution in [0.3, 0.4) is 0 Å². The van der Waals surface area contributed by atoms with Gasteiger partial charge in [-0.1, -0.05) is 0 Å². The average molecular weight is 284 g/mol. The summed E-state index contributed by atoms with van der Waals surface area (Å²) in [4.78, 5) is 32.9. The third-order valence-electron chi connectivity index (χ3n) is 2.45. The molecule has 0 aliphatic heterocycles. The highest BCUT2D eigenvalue weighted by molar-refractivity contribution is 5.87. The minimum Gasteiger partial charge on any atom is -0.480 e. The second kappa shape index (κ2) is 7.07. The molecule has 0 radical (unpaired) electrons. The highest BCUT2D eigenvalue weighted by atomic mass is 16.4. The van der Waals surface area contributed by atoms with Crippen LogP contribution in [0.1, 0.15) is 12.2 Å². The lowest BCUT2D eigenvalue weighted by atomic mass is 10.2. The number of nitrogens with zero attached hydrogens (tertiary/aromatic N) is 3. The van der Waals surface area contributed by atoms with Crippen LogP contribution in [0.2, 0.25) is 0 Å². The summed E-state index contributed by atoms with van der Waals surface area (Å²) in [5.74, 6) is -1.46. The molecule has 10 nitrogen and oxygen atoms in total. The molecule has 0 saturated carbocycles. The van der Waals surface area contributed by atoms with Crippen molar-refractivity contribution in [3.8, 4) is 0 Å². The van der Waals surface area contributed by atoms with E-state index in [0.717, 1.165) is 0 Å². The van der Waals surface area contributed by atoms with Gasteiger partial charge in [0.2, 0.25) is 5.91 Å². The Morgan fingerprint density at radius 1 is 1.50 bits per heavy atom. The Kier molecular flexibility index (Phi) is 5.44. The zero-order chi connectivity index (χ0) is 15.1. The zero-order valence-corrected chi connectivity index (χ0v) is 10.9. The van der Waals surface area contributed by atoms with Crippen molar-refractivity contribution < 1.29 is 19.5 Å². The molecule has 110 valence electrons. The van der Waals surface area contributed by atoms with E-state index in [2.05, 4.69) is 20.8 Å². The first-order valence-electron chi connectivity index (χ1n) is 5.78. The maximum absolute atomic E-state index is 11.5. The maximum atomic E-state index is 11.5. The first-order chi connectivity index (χ1) is 9.40. The summed E-state index contributed by atoms with van der Waals surface area (Å²) in [5.41, 5.74) is 4.90. The fraction of sp³-hybridized carbons (Fsp3) is 0.500. The van der Waals surface area contributed by atoms with Crippen molar-refractivity contribution in [2.24, 2.45) is 12.8 Å². The minimum absolute atomic E-state index is 0.251. The summed E-state index contributed by atoms with van der Waals surface area (Å²) in [6.07, 6.45) is 1.51. The molecule has 1 heterocycles. The molecular formula is C10H16N6O4. The van der Waals surface area contributed by atoms with E-state index in [0.29, 0.717) is 12.2 Å². The Bertz CT molecular complexity index is 500. The van der Waals surface area contributed by atoms with E-state index in [1.165, 1.54) is 6.33 Å². The second-order valence-electron chi connectivity index (χ2n) is 4.07. The molecule has 1 rings (SSSR count). The third-order valence-corrected chi connectivity index (χ3v) is 2.45. The monoisotopic (exact) mass is 284 g/mol. The minimum atomic E-state index is -1.35. The van der Waals surface area contributed by atoms with E-state index in [-0.39, 0.29) is 6.54 Å². The fourth-order valence-electron chi connectivity index (χ4n) is 1.43. The van der Waals surface area contributed by atoms with Gasteiger partial charge in [0.1, 0.15) is 18.2 Å². The number of urea groups is 1. The number of amides is 3. The van der Waals surface area contributed by atoms with Gasteiger partial charge in [-0.05, 0) is 0 Å². The largest absolute Gasteiger partial charge is 0.480 e. The van der Waals surface area contributed by atoms with E-state index in [1.54, 1.807) is 11.6 Å². The van der Waals surface area contributed by atoms with Crippen LogP contribution in [0.25, 0.3) is 0 Å². The van der Waals surface area contributed by atoms with Crippen molar-refractivity contribution in [1.82, 2.24) is 25.4 Å². The van der Waals surface area contributed by atoms with Crippen LogP contribution in [0.4, 0.5) is 4.79 Å². The van der Waals surface area contributed by atoms with Gasteiger partial charge < -0.3 is 26.0 Å². The highest BCUT2D eigenvalue weighted by Crippen LogP contribution is 1.93. The molecule has 3 amide bonds. The van der Waals surface area contributed by atoms with Gasteiger partial charge in [-0.25, -0.2) is 9.59 Å². The number of carbonyl (C=O) groups excluding carboxylic acids is 2. The molecule has 0 fully saturated rings. The number of nitrogens with two attached hydrogens (primary N) is 1. The Labute approximate surface area is 114 Å². The SMILES string of the molecule is Cn1cnnc1CCNC(=O)N[C@H](CC(N)=O)C(=O)O. The molecule has 1 aromatic rings. The molecule has 0 spiro atoms. The number of primary amides is 1. The predicted molar refractivity (Wildman–Crippen MR) is 66.5 cm³/mol. The molecule has 10 heteroatoms. The van der Waals surface area contributed by atoms with Crippen LogP contribution < -0.4 is 16.4 Å². The molecule has 0 aliphatic carbocycles. The number of aryl methyl sites for hydroxylation is 1. The molecule has 0 bridgehead atoms. The third kappa shape index (κ3) is 4.92. The summed E-state index contributed by atoms with van der Waals surface area (Å²) in [5, 5.41) is 20.9. The zero-order valence-electron chi connectivity index (χ0n) is 10.9. The number of carbonyl (C=O) groups is 3. The quantitative estimate of drug-likeness (QED) is 0.453. The summed E-state index contributed by atoms with van der Waals surface area (Å²) in [6, 6.07) is -2.04. The number of aliphatic carboxylic acids is 1. The Morgan fingerprint density at radius 2 is 2.20 bits per heavy atom. The number of aromatic nitrogens is 3. The summed E-state index contributed by atoms with van der Waals surface area (Å²) in [7, 11) is 1.77. The van der Waals surface area contributed by atoms with Crippen LogP contribution in [-0.4, -0.2) is 50.4 Å². The highest BCUT2D eigenvalue weighted by Gasteiger charge is 2.21. The summed E-state index contributed by atoms with van der Waals surface area (Å²) in [6.45, 7) is 0.251. The van der Waals surface area contributed by atoms with Crippen LogP contribution in [-0.2, 0) is 23.1 Å². The van der Waals surface area contributed by atoms with Crippen molar-refractivity contribution in [3.63, 3.8) is 0 Å². The van der Waals surface area contributed by atoms with Gasteiger partial charge in [-0.2, -0.15) is 0 Å². The van der Waals surface area contributed by atoms with Crippen molar-refractivity contribution in [1.29, 1.82) is 0 Å². The number of hydrogen-bond acceptors (Lipinski definition) is 5. The predicted octanol–water partition coefficient (Wildman–Crippen LogP) is -2.01. The number of rotatable bonds is 7. The average Bonchev–Trinajstić information content (AvgIpc) is 2.73. The maximum Gasteiger partial charge on any atom is 0.326 e. The van der Waals surface area contributed by atoms with E-state index in [4.69, 9.17) is 10.8 Å². The normalized spacial score (nSPS) is 11.7. The molecule has 1 aromatic heterocycles. The van der Waals surface area contributed by atoms with E-state index in [9.17, 15) is 14.4 Å². The Hall–Kier alpha value is -2.65. The number of nitrogens with one attached hydrogen (secondary N) is 2. The van der Waals surface area contributed by atoms with Crippen molar-refractivity contribution >= 4 is 17.9 Å². The Morgan fingerprint density at radius 3 is 2.70 bits per heavy atom. The van der Waals surface area contributed by atoms with Crippen LogP contribution in [0.15, 0.2) is 6.33 Å². The molecule has 0 aromatic carbocycles. The smallest absolute Gasteiger partial charge is 0.326 e. The number of hydrogen-bond donors (Lipinski definition) is 4. The molecule has 5 N–H and O–H groups in total. The first-order valence-corrected chi connectivity index (χ1v) is 5.78. The first kappa shape index (κ1) is 15.4. The second-order valence-corrected chi connectivity index (χ2v) is 4.07. The van der Waals surface area contributed by atoms with Gasteiger partial charge in [-0.3, -0.25) is 4.79 Å². The summed E-state index contributed by atoms with van der Waals surface area (Å²) >= 11 is 0. The molecule has 20 heavy (non-hydrogen) atoms. The molecule has 0 aliphatic rings. The molecule has 1 atom stereocenters. The van der Waals surface area contributed by atoms with Crippen molar-refractivity contribution in [3.05, 3.63) is 12.2 Å².